The Morgan fingerprint density at radius 2 is 1.80 bits per heavy atom. The van der Waals surface area contributed by atoms with E-state index in [2.05, 4.69) is 34.5 Å². The van der Waals surface area contributed by atoms with E-state index in [9.17, 15) is 9.59 Å². The van der Waals surface area contributed by atoms with Crippen LogP contribution in [0.4, 0.5) is 0 Å². The lowest BCUT2D eigenvalue weighted by Gasteiger charge is -2.37. The van der Waals surface area contributed by atoms with Crippen LogP contribution < -0.4 is 5.32 Å². The fourth-order valence-electron chi connectivity index (χ4n) is 3.38. The highest BCUT2D eigenvalue weighted by Crippen LogP contribution is 2.32. The number of carbonyl (C=O) groups excluding carboxylic acids is 1. The van der Waals surface area contributed by atoms with Crippen molar-refractivity contribution in [2.75, 3.05) is 19.6 Å². The van der Waals surface area contributed by atoms with Gasteiger partial charge in [-0.15, -0.1) is 0 Å². The third-order valence-electron chi connectivity index (χ3n) is 4.58. The molecule has 0 saturated carbocycles. The Hall–Kier alpha value is -2.66. The van der Waals surface area contributed by atoms with Crippen LogP contribution in [0.1, 0.15) is 22.7 Å². The molecular weight excluding hydrogens is 316 g/mol. The van der Waals surface area contributed by atoms with E-state index in [0.29, 0.717) is 0 Å². The van der Waals surface area contributed by atoms with Gasteiger partial charge in [0.25, 0.3) is 0 Å². The highest BCUT2D eigenvalue weighted by molar-refractivity contribution is 5.82. The van der Waals surface area contributed by atoms with Crippen molar-refractivity contribution >= 4 is 11.9 Å². The number of hydrogen-bond donors (Lipinski definition) is 2. The molecule has 1 amide bonds. The van der Waals surface area contributed by atoms with Gasteiger partial charge >= 0.3 is 5.97 Å². The molecule has 0 radical (unpaired) electrons. The summed E-state index contributed by atoms with van der Waals surface area (Å²) in [6.07, 6.45) is 1.72. The van der Waals surface area contributed by atoms with Crippen LogP contribution in [-0.2, 0) is 22.4 Å². The zero-order valence-electron chi connectivity index (χ0n) is 14.0. The third-order valence-corrected chi connectivity index (χ3v) is 4.58. The average molecular weight is 338 g/mol. The van der Waals surface area contributed by atoms with Crippen LogP contribution in [0.5, 0.6) is 0 Å². The SMILES string of the molecule is O=C(O)CNC(=O)CN1CCc2ccccc2C1Cc1ccccc1. The molecule has 1 unspecified atom stereocenters. The van der Waals surface area contributed by atoms with Crippen LogP contribution in [0.3, 0.4) is 0 Å². The lowest BCUT2D eigenvalue weighted by Crippen LogP contribution is -2.44. The van der Waals surface area contributed by atoms with Gasteiger partial charge in [-0.25, -0.2) is 0 Å². The fourth-order valence-corrected chi connectivity index (χ4v) is 3.38. The molecule has 3 rings (SSSR count). The summed E-state index contributed by atoms with van der Waals surface area (Å²) < 4.78 is 0. The third kappa shape index (κ3) is 4.45. The number of amides is 1. The van der Waals surface area contributed by atoms with Gasteiger partial charge in [-0.3, -0.25) is 14.5 Å². The van der Waals surface area contributed by atoms with Crippen molar-refractivity contribution < 1.29 is 14.7 Å². The molecule has 5 heteroatoms. The van der Waals surface area contributed by atoms with Crippen molar-refractivity contribution in [3.05, 3.63) is 71.3 Å². The maximum Gasteiger partial charge on any atom is 0.322 e. The molecule has 0 aliphatic carbocycles. The molecule has 130 valence electrons. The molecule has 1 aliphatic rings. The Morgan fingerprint density at radius 1 is 1.08 bits per heavy atom. The minimum Gasteiger partial charge on any atom is -0.480 e. The number of hydrogen-bond acceptors (Lipinski definition) is 3. The van der Waals surface area contributed by atoms with Crippen molar-refractivity contribution in [3.8, 4) is 0 Å². The first kappa shape index (κ1) is 17.2. The van der Waals surface area contributed by atoms with Crippen molar-refractivity contribution in [2.24, 2.45) is 0 Å². The summed E-state index contributed by atoms with van der Waals surface area (Å²) >= 11 is 0. The van der Waals surface area contributed by atoms with E-state index < -0.39 is 5.97 Å². The summed E-state index contributed by atoms with van der Waals surface area (Å²) in [6.45, 7) is 0.654. The molecule has 0 saturated heterocycles. The Morgan fingerprint density at radius 3 is 2.56 bits per heavy atom. The van der Waals surface area contributed by atoms with Crippen LogP contribution in [0, 0.1) is 0 Å². The number of nitrogens with zero attached hydrogens (tertiary/aromatic N) is 1. The predicted octanol–water partition coefficient (Wildman–Crippen LogP) is 2.03. The van der Waals surface area contributed by atoms with Crippen LogP contribution in [0.2, 0.25) is 0 Å². The highest BCUT2D eigenvalue weighted by atomic mass is 16.4. The van der Waals surface area contributed by atoms with Crippen molar-refractivity contribution in [3.63, 3.8) is 0 Å². The summed E-state index contributed by atoms with van der Waals surface area (Å²) in [4.78, 5) is 24.9. The maximum atomic E-state index is 12.1. The zero-order chi connectivity index (χ0) is 17.6. The number of nitrogens with one attached hydrogen (secondary N) is 1. The first-order chi connectivity index (χ1) is 12.1. The molecule has 0 fully saturated rings. The Labute approximate surface area is 147 Å². The van der Waals surface area contributed by atoms with Crippen LogP contribution in [-0.4, -0.2) is 41.5 Å². The minimum atomic E-state index is -1.03. The zero-order valence-corrected chi connectivity index (χ0v) is 14.0. The maximum absolute atomic E-state index is 12.1. The molecular formula is C20H22N2O3. The summed E-state index contributed by atoms with van der Waals surface area (Å²) in [6, 6.07) is 18.7. The lowest BCUT2D eigenvalue weighted by atomic mass is 9.88. The standard InChI is InChI=1S/C20H22N2O3/c23-19(21-13-20(24)25)14-22-11-10-16-8-4-5-9-17(16)18(22)12-15-6-2-1-3-7-15/h1-9,18H,10-14H2,(H,21,23)(H,24,25). The second-order valence-corrected chi connectivity index (χ2v) is 6.30. The first-order valence-corrected chi connectivity index (χ1v) is 8.48. The summed E-state index contributed by atoms with van der Waals surface area (Å²) in [7, 11) is 0. The van der Waals surface area contributed by atoms with Crippen LogP contribution >= 0.6 is 0 Å². The number of carboxylic acid groups (broad SMARTS) is 1. The molecule has 0 aromatic heterocycles. The summed E-state index contributed by atoms with van der Waals surface area (Å²) in [5.74, 6) is -1.28. The van der Waals surface area contributed by atoms with Gasteiger partial charge < -0.3 is 10.4 Å². The van der Waals surface area contributed by atoms with E-state index >= 15 is 0 Å². The van der Waals surface area contributed by atoms with Gasteiger partial charge in [-0.1, -0.05) is 54.6 Å². The highest BCUT2D eigenvalue weighted by Gasteiger charge is 2.28. The number of carbonyl (C=O) groups is 2. The van der Waals surface area contributed by atoms with Crippen molar-refractivity contribution in [1.82, 2.24) is 10.2 Å². The largest absolute Gasteiger partial charge is 0.480 e. The molecule has 0 spiro atoms. The van der Waals surface area contributed by atoms with Gasteiger partial charge in [0.1, 0.15) is 6.54 Å². The van der Waals surface area contributed by atoms with Crippen molar-refractivity contribution in [1.29, 1.82) is 0 Å². The number of rotatable bonds is 6. The van der Waals surface area contributed by atoms with Gasteiger partial charge in [0, 0.05) is 12.6 Å². The monoisotopic (exact) mass is 338 g/mol. The summed E-state index contributed by atoms with van der Waals surface area (Å²) in [5.41, 5.74) is 3.80. The Bertz CT molecular complexity index is 746. The second kappa shape index (κ2) is 7.94. The van der Waals surface area contributed by atoms with Gasteiger partial charge in [-0.05, 0) is 29.5 Å². The van der Waals surface area contributed by atoms with Gasteiger partial charge in [0.05, 0.1) is 6.54 Å². The molecule has 1 heterocycles. The molecule has 2 N–H and O–H groups in total. The van der Waals surface area contributed by atoms with Crippen molar-refractivity contribution in [2.45, 2.75) is 18.9 Å². The number of benzene rings is 2. The molecule has 1 atom stereocenters. The smallest absolute Gasteiger partial charge is 0.322 e. The number of aliphatic carboxylic acids is 1. The predicted molar refractivity (Wildman–Crippen MR) is 95.3 cm³/mol. The lowest BCUT2D eigenvalue weighted by molar-refractivity contribution is -0.138. The van der Waals surface area contributed by atoms with Gasteiger partial charge in [0.2, 0.25) is 5.91 Å². The van der Waals surface area contributed by atoms with E-state index in [0.717, 1.165) is 19.4 Å². The van der Waals surface area contributed by atoms with Gasteiger partial charge in [-0.2, -0.15) is 0 Å². The van der Waals surface area contributed by atoms with Crippen LogP contribution in [0.15, 0.2) is 54.6 Å². The average Bonchev–Trinajstić information content (AvgIpc) is 2.63. The Kier molecular flexibility index (Phi) is 5.46. The quantitative estimate of drug-likeness (QED) is 0.846. The molecule has 2 aromatic rings. The number of carboxylic acids is 1. The molecule has 0 bridgehead atoms. The molecule has 2 aromatic carbocycles. The Balaban J connectivity index is 1.79. The first-order valence-electron chi connectivity index (χ1n) is 8.48. The topological polar surface area (TPSA) is 69.6 Å². The van der Waals surface area contributed by atoms with E-state index in [1.165, 1.54) is 16.7 Å². The van der Waals surface area contributed by atoms with E-state index in [4.69, 9.17) is 5.11 Å². The van der Waals surface area contributed by atoms with Gasteiger partial charge in [0.15, 0.2) is 0 Å². The summed E-state index contributed by atoms with van der Waals surface area (Å²) in [5, 5.41) is 11.2. The van der Waals surface area contributed by atoms with E-state index in [1.807, 2.05) is 30.3 Å². The normalized spacial score (nSPS) is 16.9. The second-order valence-electron chi connectivity index (χ2n) is 6.30. The van der Waals surface area contributed by atoms with E-state index in [-0.39, 0.29) is 25.0 Å². The molecule has 1 aliphatic heterocycles. The fraction of sp³-hybridized carbons (Fsp3) is 0.300. The minimum absolute atomic E-state index is 0.114. The number of fused-ring (bicyclic) bond motifs is 1. The molecule has 25 heavy (non-hydrogen) atoms. The van der Waals surface area contributed by atoms with Crippen LogP contribution in [0.25, 0.3) is 0 Å². The van der Waals surface area contributed by atoms with E-state index in [1.54, 1.807) is 0 Å². The molecule has 5 nitrogen and oxygen atoms in total.